The Morgan fingerprint density at radius 1 is 1.44 bits per heavy atom. The van der Waals surface area contributed by atoms with Crippen LogP contribution in [0.2, 0.25) is 0 Å². The van der Waals surface area contributed by atoms with Crippen LogP contribution in [0.25, 0.3) is 0 Å². The van der Waals surface area contributed by atoms with Crippen molar-refractivity contribution in [2.75, 3.05) is 24.7 Å². The van der Waals surface area contributed by atoms with Gasteiger partial charge >= 0.3 is 0 Å². The van der Waals surface area contributed by atoms with Gasteiger partial charge in [0, 0.05) is 29.5 Å². The second-order valence-corrected chi connectivity index (χ2v) is 5.19. The molecule has 90 valence electrons. The lowest BCUT2D eigenvalue weighted by molar-refractivity contribution is 0.149. The van der Waals surface area contributed by atoms with Gasteiger partial charge in [-0.2, -0.15) is 0 Å². The van der Waals surface area contributed by atoms with Crippen LogP contribution >= 0.6 is 0 Å². The Bertz CT molecular complexity index is 366. The van der Waals surface area contributed by atoms with Crippen LogP contribution < -0.4 is 5.73 Å². The van der Waals surface area contributed by atoms with E-state index in [1.807, 2.05) is 32.0 Å². The van der Waals surface area contributed by atoms with E-state index in [9.17, 15) is 4.21 Å². The first-order valence-electron chi connectivity index (χ1n) is 5.47. The average Bonchev–Trinajstić information content (AvgIpc) is 2.28. The minimum Gasteiger partial charge on any atom is -0.399 e. The topological polar surface area (TPSA) is 52.3 Å². The molecule has 0 aliphatic carbocycles. The molecule has 0 bridgehead atoms. The Labute approximate surface area is 99.4 Å². The smallest absolute Gasteiger partial charge is 0.0530 e. The predicted octanol–water partition coefficient (Wildman–Crippen LogP) is 2.11. The van der Waals surface area contributed by atoms with E-state index in [2.05, 4.69) is 0 Å². The van der Waals surface area contributed by atoms with E-state index in [1.54, 1.807) is 0 Å². The Morgan fingerprint density at radius 2 is 2.19 bits per heavy atom. The molecule has 0 heterocycles. The van der Waals surface area contributed by atoms with Crippen LogP contribution in [-0.4, -0.2) is 23.2 Å². The normalized spacial score (nSPS) is 12.6. The molecule has 2 N–H and O–H groups in total. The van der Waals surface area contributed by atoms with Crippen LogP contribution in [0.3, 0.4) is 0 Å². The zero-order valence-corrected chi connectivity index (χ0v) is 10.7. The van der Waals surface area contributed by atoms with Crippen molar-refractivity contribution in [1.29, 1.82) is 0 Å². The molecule has 0 aliphatic heterocycles. The number of aryl methyl sites for hydroxylation is 1. The van der Waals surface area contributed by atoms with Gasteiger partial charge in [-0.1, -0.05) is 0 Å². The predicted molar refractivity (Wildman–Crippen MR) is 68.0 cm³/mol. The summed E-state index contributed by atoms with van der Waals surface area (Å²) in [6.07, 6.45) is 0.823. The van der Waals surface area contributed by atoms with Gasteiger partial charge < -0.3 is 10.5 Å². The molecule has 16 heavy (non-hydrogen) atoms. The summed E-state index contributed by atoms with van der Waals surface area (Å²) < 4.78 is 17.1. The van der Waals surface area contributed by atoms with Crippen LogP contribution in [-0.2, 0) is 15.5 Å². The number of hydrogen-bond acceptors (Lipinski definition) is 3. The van der Waals surface area contributed by atoms with Crippen LogP contribution in [0.5, 0.6) is 0 Å². The van der Waals surface area contributed by atoms with E-state index in [1.165, 1.54) is 0 Å². The van der Waals surface area contributed by atoms with Crippen molar-refractivity contribution in [3.05, 3.63) is 23.8 Å². The molecule has 0 radical (unpaired) electrons. The highest BCUT2D eigenvalue weighted by Crippen LogP contribution is 2.16. The number of rotatable bonds is 6. The summed E-state index contributed by atoms with van der Waals surface area (Å²) in [6.45, 7) is 5.28. The molecule has 0 spiro atoms. The van der Waals surface area contributed by atoms with Gasteiger partial charge in [-0.15, -0.1) is 0 Å². The van der Waals surface area contributed by atoms with E-state index < -0.39 is 10.8 Å². The van der Waals surface area contributed by atoms with Crippen LogP contribution in [0.1, 0.15) is 18.9 Å². The molecule has 1 rings (SSSR count). The van der Waals surface area contributed by atoms with Gasteiger partial charge in [0.05, 0.1) is 10.8 Å². The number of ether oxygens (including phenoxy) is 1. The molecular weight excluding hydrogens is 222 g/mol. The second kappa shape index (κ2) is 6.66. The molecule has 0 saturated heterocycles. The average molecular weight is 241 g/mol. The number of nitrogen functional groups attached to an aromatic ring is 1. The van der Waals surface area contributed by atoms with Gasteiger partial charge in [-0.05, 0) is 44.0 Å². The maximum Gasteiger partial charge on any atom is 0.0530 e. The molecule has 0 aromatic heterocycles. The summed E-state index contributed by atoms with van der Waals surface area (Å²) in [5, 5.41) is 0. The third-order valence-electron chi connectivity index (χ3n) is 2.33. The highest BCUT2D eigenvalue weighted by Gasteiger charge is 2.04. The highest BCUT2D eigenvalue weighted by atomic mass is 32.2. The Kier molecular flexibility index (Phi) is 5.49. The molecule has 1 aromatic rings. The molecule has 0 aliphatic rings. The van der Waals surface area contributed by atoms with E-state index in [4.69, 9.17) is 10.5 Å². The highest BCUT2D eigenvalue weighted by molar-refractivity contribution is 7.85. The fourth-order valence-corrected chi connectivity index (χ4v) is 2.49. The molecule has 3 nitrogen and oxygen atoms in total. The molecular formula is C12H19NO2S. The quantitative estimate of drug-likeness (QED) is 0.613. The third kappa shape index (κ3) is 3.94. The van der Waals surface area contributed by atoms with Crippen molar-refractivity contribution in [2.45, 2.75) is 25.2 Å². The first kappa shape index (κ1) is 13.2. The van der Waals surface area contributed by atoms with Crippen molar-refractivity contribution in [3.63, 3.8) is 0 Å². The van der Waals surface area contributed by atoms with Crippen molar-refractivity contribution in [1.82, 2.24) is 0 Å². The SMILES string of the molecule is CCOCCCS(=O)c1ccc(N)c(C)c1. The lowest BCUT2D eigenvalue weighted by atomic mass is 10.2. The summed E-state index contributed by atoms with van der Waals surface area (Å²) in [4.78, 5) is 0.850. The Balaban J connectivity index is 2.50. The van der Waals surface area contributed by atoms with Gasteiger partial charge in [-0.3, -0.25) is 4.21 Å². The van der Waals surface area contributed by atoms with Crippen molar-refractivity contribution < 1.29 is 8.95 Å². The van der Waals surface area contributed by atoms with E-state index in [-0.39, 0.29) is 0 Å². The summed E-state index contributed by atoms with van der Waals surface area (Å²) in [6, 6.07) is 5.54. The monoisotopic (exact) mass is 241 g/mol. The molecule has 1 unspecified atom stereocenters. The van der Waals surface area contributed by atoms with Crippen molar-refractivity contribution >= 4 is 16.5 Å². The van der Waals surface area contributed by atoms with Gasteiger partial charge in [0.15, 0.2) is 0 Å². The van der Waals surface area contributed by atoms with Gasteiger partial charge in [0.2, 0.25) is 0 Å². The summed E-state index contributed by atoms with van der Waals surface area (Å²) >= 11 is 0. The number of hydrogen-bond donors (Lipinski definition) is 1. The maximum atomic E-state index is 11.9. The Morgan fingerprint density at radius 3 is 2.81 bits per heavy atom. The van der Waals surface area contributed by atoms with Gasteiger partial charge in [0.25, 0.3) is 0 Å². The summed E-state index contributed by atoms with van der Waals surface area (Å²) in [5.41, 5.74) is 7.44. The molecule has 4 heteroatoms. The van der Waals surface area contributed by atoms with Crippen molar-refractivity contribution in [2.24, 2.45) is 0 Å². The fraction of sp³-hybridized carbons (Fsp3) is 0.500. The van der Waals surface area contributed by atoms with Crippen LogP contribution in [0.15, 0.2) is 23.1 Å². The summed E-state index contributed by atoms with van der Waals surface area (Å²) in [5.74, 6) is 0.642. The zero-order chi connectivity index (χ0) is 12.0. The lowest BCUT2D eigenvalue weighted by Crippen LogP contribution is -2.03. The Hall–Kier alpha value is -0.870. The van der Waals surface area contributed by atoms with E-state index in [0.717, 1.165) is 22.6 Å². The van der Waals surface area contributed by atoms with Crippen LogP contribution in [0, 0.1) is 6.92 Å². The molecule has 1 atom stereocenters. The standard InChI is InChI=1S/C12H19NO2S/c1-3-15-7-4-8-16(14)11-5-6-12(13)10(2)9-11/h5-6,9H,3-4,7-8,13H2,1-2H3. The van der Waals surface area contributed by atoms with E-state index in [0.29, 0.717) is 19.0 Å². The lowest BCUT2D eigenvalue weighted by Gasteiger charge is -2.05. The molecule has 0 amide bonds. The van der Waals surface area contributed by atoms with E-state index >= 15 is 0 Å². The third-order valence-corrected chi connectivity index (χ3v) is 3.77. The van der Waals surface area contributed by atoms with Gasteiger partial charge in [0.1, 0.15) is 0 Å². The minimum absolute atomic E-state index is 0.642. The first-order chi connectivity index (χ1) is 7.65. The largest absolute Gasteiger partial charge is 0.399 e. The van der Waals surface area contributed by atoms with Crippen molar-refractivity contribution in [3.8, 4) is 0 Å². The first-order valence-corrected chi connectivity index (χ1v) is 6.79. The minimum atomic E-state index is -0.941. The number of nitrogens with two attached hydrogens (primary N) is 1. The zero-order valence-electron chi connectivity index (χ0n) is 9.86. The number of anilines is 1. The molecule has 0 fully saturated rings. The number of benzene rings is 1. The van der Waals surface area contributed by atoms with Crippen LogP contribution in [0.4, 0.5) is 5.69 Å². The molecule has 0 saturated carbocycles. The summed E-state index contributed by atoms with van der Waals surface area (Å²) in [7, 11) is -0.941. The maximum absolute atomic E-state index is 11.9. The second-order valence-electron chi connectivity index (χ2n) is 3.62. The fourth-order valence-electron chi connectivity index (χ4n) is 1.34. The molecule has 1 aromatic carbocycles. The van der Waals surface area contributed by atoms with Gasteiger partial charge in [-0.25, -0.2) is 0 Å².